The average Bonchev–Trinajstić information content (AvgIpc) is 2.85. The van der Waals surface area contributed by atoms with Gasteiger partial charge in [0.25, 0.3) is 0 Å². The molecule has 1 N–H and O–H groups in total. The maximum Gasteiger partial charge on any atom is 0.232 e. The van der Waals surface area contributed by atoms with Crippen molar-refractivity contribution in [2.45, 2.75) is 5.16 Å². The van der Waals surface area contributed by atoms with E-state index in [1.807, 2.05) is 0 Å². The predicted octanol–water partition coefficient (Wildman–Crippen LogP) is 2.40. The summed E-state index contributed by atoms with van der Waals surface area (Å²) < 4.78 is 12.8. The lowest BCUT2D eigenvalue weighted by atomic mass is 10.2. The molecule has 1 aromatic carbocycles. The largest absolute Gasteiger partial charge is 0.348 e. The van der Waals surface area contributed by atoms with E-state index >= 15 is 0 Å². The van der Waals surface area contributed by atoms with Gasteiger partial charge in [-0.15, -0.1) is 0 Å². The molecule has 0 spiro atoms. The summed E-state index contributed by atoms with van der Waals surface area (Å²) in [7, 11) is 3.43. The first kappa shape index (κ1) is 13.6. The molecule has 0 atom stereocenters. The molecule has 0 aliphatic heterocycles. The average molecular weight is 279 g/mol. The zero-order valence-corrected chi connectivity index (χ0v) is 11.5. The molecule has 4 nitrogen and oxygen atoms in total. The number of nitrogens with zero attached hydrogens (tertiary/aromatic N) is 2. The van der Waals surface area contributed by atoms with E-state index in [-0.39, 0.29) is 11.7 Å². The molecular weight excluding hydrogens is 265 g/mol. The highest BCUT2D eigenvalue weighted by atomic mass is 32.2. The van der Waals surface area contributed by atoms with Crippen LogP contribution in [-0.2, 0) is 4.79 Å². The molecule has 0 fully saturated rings. The number of carbonyl (C=O) groups is 1. The number of aromatic amines is 1. The number of thioether (sulfide) groups is 1. The Morgan fingerprint density at radius 1 is 1.37 bits per heavy atom. The molecule has 0 saturated carbocycles. The summed E-state index contributed by atoms with van der Waals surface area (Å²) in [6.45, 7) is 0. The minimum absolute atomic E-state index is 0.0322. The maximum atomic E-state index is 12.8. The Balaban J connectivity index is 2.03. The summed E-state index contributed by atoms with van der Waals surface area (Å²) in [5, 5.41) is 0.675. The van der Waals surface area contributed by atoms with Crippen molar-refractivity contribution in [2.75, 3.05) is 19.8 Å². The summed E-state index contributed by atoms with van der Waals surface area (Å²) in [6, 6.07) is 6.17. The second-order valence-electron chi connectivity index (χ2n) is 4.19. The topological polar surface area (TPSA) is 49.0 Å². The zero-order chi connectivity index (χ0) is 13.8. The van der Waals surface area contributed by atoms with Gasteiger partial charge in [-0.1, -0.05) is 11.8 Å². The number of hydrogen-bond acceptors (Lipinski definition) is 3. The number of halogens is 1. The summed E-state index contributed by atoms with van der Waals surface area (Å²) in [5.74, 6) is 0.0998. The first-order valence-corrected chi connectivity index (χ1v) is 6.68. The van der Waals surface area contributed by atoms with Crippen LogP contribution in [0.15, 0.2) is 35.6 Å². The number of hydrogen-bond donors (Lipinski definition) is 1. The van der Waals surface area contributed by atoms with Gasteiger partial charge in [0.1, 0.15) is 5.82 Å². The lowest BCUT2D eigenvalue weighted by Gasteiger charge is -2.08. The normalized spacial score (nSPS) is 10.5. The van der Waals surface area contributed by atoms with Crippen LogP contribution >= 0.6 is 11.8 Å². The maximum absolute atomic E-state index is 12.8. The summed E-state index contributed by atoms with van der Waals surface area (Å²) in [6.07, 6.45) is 1.68. The monoisotopic (exact) mass is 279 g/mol. The van der Waals surface area contributed by atoms with Crippen molar-refractivity contribution in [1.82, 2.24) is 14.9 Å². The van der Waals surface area contributed by atoms with Crippen molar-refractivity contribution in [3.05, 3.63) is 36.3 Å². The van der Waals surface area contributed by atoms with Crippen molar-refractivity contribution in [3.8, 4) is 11.3 Å². The van der Waals surface area contributed by atoms with Gasteiger partial charge in [-0.05, 0) is 29.8 Å². The van der Waals surface area contributed by atoms with Crippen molar-refractivity contribution in [2.24, 2.45) is 0 Å². The Labute approximate surface area is 115 Å². The quantitative estimate of drug-likeness (QED) is 0.874. The van der Waals surface area contributed by atoms with Gasteiger partial charge in [0.2, 0.25) is 5.91 Å². The van der Waals surface area contributed by atoms with Crippen molar-refractivity contribution in [3.63, 3.8) is 0 Å². The van der Waals surface area contributed by atoms with E-state index in [9.17, 15) is 9.18 Å². The van der Waals surface area contributed by atoms with Crippen LogP contribution in [0.25, 0.3) is 11.3 Å². The first-order valence-electron chi connectivity index (χ1n) is 5.70. The summed E-state index contributed by atoms with van der Waals surface area (Å²) >= 11 is 1.34. The van der Waals surface area contributed by atoms with E-state index < -0.39 is 0 Å². The van der Waals surface area contributed by atoms with Crippen LogP contribution in [-0.4, -0.2) is 40.6 Å². The van der Waals surface area contributed by atoms with Gasteiger partial charge < -0.3 is 9.88 Å². The van der Waals surface area contributed by atoms with Crippen LogP contribution in [0.3, 0.4) is 0 Å². The van der Waals surface area contributed by atoms with Gasteiger partial charge in [0, 0.05) is 14.1 Å². The van der Waals surface area contributed by atoms with Crippen LogP contribution in [0.5, 0.6) is 0 Å². The Hall–Kier alpha value is -1.82. The van der Waals surface area contributed by atoms with Gasteiger partial charge in [-0.2, -0.15) is 0 Å². The summed E-state index contributed by atoms with van der Waals surface area (Å²) in [4.78, 5) is 20.3. The number of imidazole rings is 1. The van der Waals surface area contributed by atoms with Crippen LogP contribution in [0.4, 0.5) is 4.39 Å². The van der Waals surface area contributed by atoms with Gasteiger partial charge in [0.05, 0.1) is 17.6 Å². The van der Waals surface area contributed by atoms with Crippen LogP contribution in [0.2, 0.25) is 0 Å². The second kappa shape index (κ2) is 5.88. The number of amides is 1. The van der Waals surface area contributed by atoms with Crippen molar-refractivity contribution >= 4 is 17.7 Å². The van der Waals surface area contributed by atoms with Gasteiger partial charge in [-0.3, -0.25) is 4.79 Å². The molecule has 100 valence electrons. The highest BCUT2D eigenvalue weighted by Gasteiger charge is 2.08. The minimum Gasteiger partial charge on any atom is -0.348 e. The number of nitrogens with one attached hydrogen (secondary N) is 1. The van der Waals surface area contributed by atoms with Crippen molar-refractivity contribution < 1.29 is 9.18 Å². The van der Waals surface area contributed by atoms with E-state index in [1.54, 1.807) is 32.4 Å². The molecular formula is C13H14FN3OS. The molecule has 2 aromatic rings. The highest BCUT2D eigenvalue weighted by molar-refractivity contribution is 7.99. The number of rotatable bonds is 4. The fraction of sp³-hybridized carbons (Fsp3) is 0.231. The first-order chi connectivity index (χ1) is 9.06. The zero-order valence-electron chi connectivity index (χ0n) is 10.7. The second-order valence-corrected chi connectivity index (χ2v) is 5.15. The van der Waals surface area contributed by atoms with Crippen LogP contribution < -0.4 is 0 Å². The number of benzene rings is 1. The van der Waals surface area contributed by atoms with Crippen molar-refractivity contribution in [1.29, 1.82) is 0 Å². The fourth-order valence-electron chi connectivity index (χ4n) is 1.41. The molecule has 0 saturated heterocycles. The van der Waals surface area contributed by atoms with Gasteiger partial charge in [-0.25, -0.2) is 9.37 Å². The van der Waals surface area contributed by atoms with Gasteiger partial charge in [0.15, 0.2) is 5.16 Å². The molecule has 0 unspecified atom stereocenters. The third-order valence-electron chi connectivity index (χ3n) is 2.54. The summed E-state index contributed by atoms with van der Waals surface area (Å²) in [5.41, 5.74) is 1.67. The standard InChI is InChI=1S/C13H14FN3OS/c1-17(2)12(18)8-19-13-15-7-11(16-13)9-3-5-10(14)6-4-9/h3-7H,8H2,1-2H3,(H,15,16). The van der Waals surface area contributed by atoms with E-state index in [2.05, 4.69) is 9.97 Å². The molecule has 1 amide bonds. The van der Waals surface area contributed by atoms with E-state index in [4.69, 9.17) is 0 Å². The number of carbonyl (C=O) groups excluding carboxylic acids is 1. The smallest absolute Gasteiger partial charge is 0.232 e. The van der Waals surface area contributed by atoms with E-state index in [1.165, 1.54) is 28.8 Å². The molecule has 0 aliphatic carbocycles. The van der Waals surface area contributed by atoms with Crippen LogP contribution in [0.1, 0.15) is 0 Å². The molecule has 2 rings (SSSR count). The molecule has 6 heteroatoms. The van der Waals surface area contributed by atoms with Gasteiger partial charge >= 0.3 is 0 Å². The molecule has 1 aromatic heterocycles. The molecule has 0 bridgehead atoms. The SMILES string of the molecule is CN(C)C(=O)CSc1ncc(-c2ccc(F)cc2)[nH]1. The Morgan fingerprint density at radius 2 is 2.05 bits per heavy atom. The fourth-order valence-corrected chi connectivity index (χ4v) is 2.24. The molecule has 0 radical (unpaired) electrons. The minimum atomic E-state index is -0.269. The predicted molar refractivity (Wildman–Crippen MR) is 73.4 cm³/mol. The Kier molecular flexibility index (Phi) is 4.21. The Morgan fingerprint density at radius 3 is 2.68 bits per heavy atom. The lowest BCUT2D eigenvalue weighted by Crippen LogP contribution is -2.23. The van der Waals surface area contributed by atoms with E-state index in [0.29, 0.717) is 10.9 Å². The lowest BCUT2D eigenvalue weighted by molar-refractivity contribution is -0.125. The number of aromatic nitrogens is 2. The third kappa shape index (κ3) is 3.57. The molecule has 19 heavy (non-hydrogen) atoms. The van der Waals surface area contributed by atoms with E-state index in [0.717, 1.165) is 11.3 Å². The Bertz CT molecular complexity index is 566. The molecule has 1 heterocycles. The van der Waals surface area contributed by atoms with Crippen LogP contribution in [0, 0.1) is 5.82 Å². The number of H-pyrrole nitrogens is 1. The highest BCUT2D eigenvalue weighted by Crippen LogP contribution is 2.21. The third-order valence-corrected chi connectivity index (χ3v) is 3.41. The molecule has 0 aliphatic rings.